The normalized spacial score (nSPS) is 21.8. The summed E-state index contributed by atoms with van der Waals surface area (Å²) >= 11 is 0. The molecule has 9 heteroatoms. The Labute approximate surface area is 146 Å². The van der Waals surface area contributed by atoms with E-state index >= 15 is 0 Å². The highest BCUT2D eigenvalue weighted by Crippen LogP contribution is 2.24. The molecule has 2 fully saturated rings. The van der Waals surface area contributed by atoms with Crippen LogP contribution in [-0.4, -0.2) is 82.5 Å². The zero-order valence-corrected chi connectivity index (χ0v) is 14.6. The lowest BCUT2D eigenvalue weighted by molar-refractivity contribution is -0.145. The molecule has 2 aromatic rings. The van der Waals surface area contributed by atoms with E-state index in [0.717, 1.165) is 42.3 Å². The van der Waals surface area contributed by atoms with Crippen molar-refractivity contribution in [2.24, 2.45) is 7.05 Å². The zero-order valence-electron chi connectivity index (χ0n) is 14.6. The Bertz CT molecular complexity index is 776. The number of hydrogen-bond acceptors (Lipinski definition) is 7. The summed E-state index contributed by atoms with van der Waals surface area (Å²) in [5.74, 6) is 1.71. The maximum atomic E-state index is 12.6. The SMILES string of the molecule is Cc1nc(N2CCN(C(=O)C3CNCCO3)CC2)c2cnn(C)c2n1. The van der Waals surface area contributed by atoms with Gasteiger partial charge in [-0.3, -0.25) is 9.48 Å². The van der Waals surface area contributed by atoms with E-state index in [-0.39, 0.29) is 12.0 Å². The number of fused-ring (bicyclic) bond motifs is 1. The topological polar surface area (TPSA) is 88.4 Å². The van der Waals surface area contributed by atoms with Gasteiger partial charge in [0.2, 0.25) is 0 Å². The first kappa shape index (κ1) is 16.2. The third kappa shape index (κ3) is 3.05. The van der Waals surface area contributed by atoms with E-state index in [1.165, 1.54) is 0 Å². The van der Waals surface area contributed by atoms with E-state index in [1.807, 2.05) is 25.1 Å². The Morgan fingerprint density at radius 3 is 2.80 bits per heavy atom. The summed E-state index contributed by atoms with van der Waals surface area (Å²) in [6.45, 7) is 6.72. The fraction of sp³-hybridized carbons (Fsp3) is 0.625. The minimum Gasteiger partial charge on any atom is -0.366 e. The average molecular weight is 345 g/mol. The van der Waals surface area contributed by atoms with E-state index in [2.05, 4.69) is 25.3 Å². The fourth-order valence-corrected chi connectivity index (χ4v) is 3.42. The molecule has 1 atom stereocenters. The number of anilines is 1. The minimum absolute atomic E-state index is 0.0808. The lowest BCUT2D eigenvalue weighted by atomic mass is 10.2. The predicted octanol–water partition coefficient (Wildman–Crippen LogP) is -0.691. The van der Waals surface area contributed by atoms with Gasteiger partial charge in [0, 0.05) is 46.3 Å². The fourth-order valence-electron chi connectivity index (χ4n) is 3.42. The molecule has 0 radical (unpaired) electrons. The van der Waals surface area contributed by atoms with Crippen LogP contribution in [0, 0.1) is 6.92 Å². The molecule has 0 bridgehead atoms. The summed E-state index contributed by atoms with van der Waals surface area (Å²) in [5, 5.41) is 8.46. The summed E-state index contributed by atoms with van der Waals surface area (Å²) in [6.07, 6.45) is 1.45. The van der Waals surface area contributed by atoms with Crippen molar-refractivity contribution in [2.45, 2.75) is 13.0 Å². The Morgan fingerprint density at radius 1 is 1.28 bits per heavy atom. The van der Waals surface area contributed by atoms with Crippen LogP contribution in [0.2, 0.25) is 0 Å². The number of nitrogens with zero attached hydrogens (tertiary/aromatic N) is 6. The smallest absolute Gasteiger partial charge is 0.253 e. The number of rotatable bonds is 2. The van der Waals surface area contributed by atoms with Crippen LogP contribution >= 0.6 is 0 Å². The van der Waals surface area contributed by atoms with Crippen molar-refractivity contribution in [1.82, 2.24) is 30.0 Å². The van der Waals surface area contributed by atoms with E-state index in [9.17, 15) is 4.79 Å². The number of aryl methyl sites for hydroxylation is 2. The van der Waals surface area contributed by atoms with Crippen molar-refractivity contribution in [2.75, 3.05) is 50.8 Å². The van der Waals surface area contributed by atoms with Gasteiger partial charge in [0.25, 0.3) is 5.91 Å². The van der Waals surface area contributed by atoms with Crippen molar-refractivity contribution in [1.29, 1.82) is 0 Å². The van der Waals surface area contributed by atoms with Gasteiger partial charge in [-0.15, -0.1) is 0 Å². The molecule has 9 nitrogen and oxygen atoms in total. The van der Waals surface area contributed by atoms with Crippen LogP contribution in [0.25, 0.3) is 11.0 Å². The molecule has 2 aliphatic rings. The van der Waals surface area contributed by atoms with Crippen molar-refractivity contribution < 1.29 is 9.53 Å². The zero-order chi connectivity index (χ0) is 17.4. The van der Waals surface area contributed by atoms with Crippen molar-refractivity contribution >= 4 is 22.8 Å². The summed E-state index contributed by atoms with van der Waals surface area (Å²) in [5.41, 5.74) is 0.836. The molecule has 4 rings (SSSR count). The quantitative estimate of drug-likeness (QED) is 0.771. The summed E-state index contributed by atoms with van der Waals surface area (Å²) in [6, 6.07) is 0. The molecule has 2 saturated heterocycles. The Morgan fingerprint density at radius 2 is 2.08 bits per heavy atom. The number of nitrogens with one attached hydrogen (secondary N) is 1. The van der Waals surface area contributed by atoms with Crippen LogP contribution in [0.5, 0.6) is 0 Å². The summed E-state index contributed by atoms with van der Waals surface area (Å²) in [7, 11) is 1.88. The number of hydrogen-bond donors (Lipinski definition) is 1. The van der Waals surface area contributed by atoms with Gasteiger partial charge in [-0.05, 0) is 6.92 Å². The van der Waals surface area contributed by atoms with Crippen molar-refractivity contribution in [3.05, 3.63) is 12.0 Å². The molecule has 0 aromatic carbocycles. The maximum Gasteiger partial charge on any atom is 0.253 e. The Hall–Kier alpha value is -2.26. The molecule has 1 N–H and O–H groups in total. The molecular weight excluding hydrogens is 322 g/mol. The van der Waals surface area contributed by atoms with Crippen LogP contribution in [0.3, 0.4) is 0 Å². The molecule has 0 spiro atoms. The molecule has 0 saturated carbocycles. The van der Waals surface area contributed by atoms with Crippen LogP contribution < -0.4 is 10.2 Å². The highest BCUT2D eigenvalue weighted by atomic mass is 16.5. The largest absolute Gasteiger partial charge is 0.366 e. The van der Waals surface area contributed by atoms with Gasteiger partial charge >= 0.3 is 0 Å². The predicted molar refractivity (Wildman–Crippen MR) is 92.4 cm³/mol. The molecule has 134 valence electrons. The van der Waals surface area contributed by atoms with Gasteiger partial charge in [-0.1, -0.05) is 0 Å². The number of amides is 1. The molecule has 0 aliphatic carbocycles. The maximum absolute atomic E-state index is 12.6. The second kappa shape index (κ2) is 6.57. The third-order valence-corrected chi connectivity index (χ3v) is 4.78. The molecular formula is C16H23N7O2. The van der Waals surface area contributed by atoms with Crippen LogP contribution in [0.15, 0.2) is 6.20 Å². The third-order valence-electron chi connectivity index (χ3n) is 4.78. The van der Waals surface area contributed by atoms with Crippen molar-refractivity contribution in [3.63, 3.8) is 0 Å². The van der Waals surface area contributed by atoms with E-state index in [1.54, 1.807) is 4.68 Å². The minimum atomic E-state index is -0.355. The van der Waals surface area contributed by atoms with E-state index in [4.69, 9.17) is 4.74 Å². The van der Waals surface area contributed by atoms with Crippen molar-refractivity contribution in [3.8, 4) is 0 Å². The summed E-state index contributed by atoms with van der Waals surface area (Å²) in [4.78, 5) is 25.8. The lowest BCUT2D eigenvalue weighted by Gasteiger charge is -2.37. The number of aromatic nitrogens is 4. The van der Waals surface area contributed by atoms with Gasteiger partial charge in [-0.25, -0.2) is 9.97 Å². The van der Waals surface area contributed by atoms with E-state index in [0.29, 0.717) is 26.2 Å². The second-order valence-electron chi connectivity index (χ2n) is 6.48. The molecule has 25 heavy (non-hydrogen) atoms. The molecule has 1 amide bonds. The van der Waals surface area contributed by atoms with Gasteiger partial charge in [-0.2, -0.15) is 5.10 Å². The van der Waals surface area contributed by atoms with Crippen LogP contribution in [0.1, 0.15) is 5.82 Å². The number of morpholine rings is 1. The van der Waals surface area contributed by atoms with Gasteiger partial charge in [0.1, 0.15) is 17.7 Å². The lowest BCUT2D eigenvalue weighted by Crippen LogP contribution is -2.55. The standard InChI is InChI=1S/C16H23N7O2/c1-11-19-14-12(9-18-21(14)2)15(20-11)22-4-6-23(7-5-22)16(24)13-10-17-3-8-25-13/h9,13,17H,3-8,10H2,1-2H3. The van der Waals surface area contributed by atoms with Crippen LogP contribution in [0.4, 0.5) is 5.82 Å². The highest BCUT2D eigenvalue weighted by Gasteiger charge is 2.30. The molecule has 2 aromatic heterocycles. The highest BCUT2D eigenvalue weighted by molar-refractivity contribution is 5.87. The number of carbonyl (C=O) groups is 1. The first-order valence-electron chi connectivity index (χ1n) is 8.66. The molecule has 1 unspecified atom stereocenters. The monoisotopic (exact) mass is 345 g/mol. The van der Waals surface area contributed by atoms with Gasteiger partial charge in [0.05, 0.1) is 18.2 Å². The second-order valence-corrected chi connectivity index (χ2v) is 6.48. The van der Waals surface area contributed by atoms with E-state index < -0.39 is 0 Å². The summed E-state index contributed by atoms with van der Waals surface area (Å²) < 4.78 is 7.35. The Balaban J connectivity index is 1.48. The first-order valence-corrected chi connectivity index (χ1v) is 8.66. The number of piperazine rings is 1. The van der Waals surface area contributed by atoms with Gasteiger partial charge < -0.3 is 19.9 Å². The first-order chi connectivity index (χ1) is 12.1. The Kier molecular flexibility index (Phi) is 4.26. The number of ether oxygens (including phenoxy) is 1. The van der Waals surface area contributed by atoms with Gasteiger partial charge in [0.15, 0.2) is 5.65 Å². The number of carbonyl (C=O) groups excluding carboxylic acids is 1. The molecule has 2 aliphatic heterocycles. The average Bonchev–Trinajstić information content (AvgIpc) is 3.02. The van der Waals surface area contributed by atoms with Crippen LogP contribution in [-0.2, 0) is 16.6 Å². The molecule has 4 heterocycles.